The van der Waals surface area contributed by atoms with Crippen molar-refractivity contribution in [1.82, 2.24) is 15.1 Å². The van der Waals surface area contributed by atoms with Crippen LogP contribution >= 0.6 is 31.9 Å². The Morgan fingerprint density at radius 3 is 2.55 bits per heavy atom. The van der Waals surface area contributed by atoms with Crippen LogP contribution in [0.15, 0.2) is 27.1 Å². The SMILES string of the molecule is CN1CCN(CCCNCc2ccc(Br)c(Br)c2)CC1. The standard InChI is InChI=1S/C15H23Br2N3/c1-19-7-9-20(10-8-19)6-2-5-18-12-13-3-4-14(16)15(17)11-13/h3-4,11,18H,2,5-10,12H2,1H3. The van der Waals surface area contributed by atoms with Gasteiger partial charge in [-0.1, -0.05) is 6.07 Å². The van der Waals surface area contributed by atoms with Crippen LogP contribution in [0.2, 0.25) is 0 Å². The fraction of sp³-hybridized carbons (Fsp3) is 0.600. The molecule has 0 radical (unpaired) electrons. The molecule has 1 saturated heterocycles. The molecule has 1 aromatic rings. The van der Waals surface area contributed by atoms with Gasteiger partial charge in [-0.15, -0.1) is 0 Å². The van der Waals surface area contributed by atoms with Crippen LogP contribution in [0.4, 0.5) is 0 Å². The van der Waals surface area contributed by atoms with Gasteiger partial charge in [0.2, 0.25) is 0 Å². The first-order valence-corrected chi connectivity index (χ1v) is 8.79. The molecule has 1 aliphatic rings. The smallest absolute Gasteiger partial charge is 0.0320 e. The first-order valence-electron chi connectivity index (χ1n) is 7.21. The van der Waals surface area contributed by atoms with Gasteiger partial charge in [0.1, 0.15) is 0 Å². The third-order valence-corrected chi connectivity index (χ3v) is 5.62. The molecular weight excluding hydrogens is 382 g/mol. The van der Waals surface area contributed by atoms with Crippen molar-refractivity contribution in [3.63, 3.8) is 0 Å². The summed E-state index contributed by atoms with van der Waals surface area (Å²) >= 11 is 7.03. The molecule has 0 unspecified atom stereocenters. The predicted molar refractivity (Wildman–Crippen MR) is 92.1 cm³/mol. The quantitative estimate of drug-likeness (QED) is 0.735. The highest BCUT2D eigenvalue weighted by Crippen LogP contribution is 2.23. The highest BCUT2D eigenvalue weighted by molar-refractivity contribution is 9.13. The van der Waals surface area contributed by atoms with E-state index in [1.54, 1.807) is 0 Å². The first kappa shape index (κ1) is 16.4. The number of rotatable bonds is 6. The van der Waals surface area contributed by atoms with E-state index in [0.29, 0.717) is 0 Å². The number of likely N-dealkylation sites (N-methyl/N-ethyl adjacent to an activating group) is 1. The molecule has 0 aliphatic carbocycles. The van der Waals surface area contributed by atoms with Gasteiger partial charge in [-0.05, 0) is 76.1 Å². The number of hydrogen-bond acceptors (Lipinski definition) is 3. The lowest BCUT2D eigenvalue weighted by atomic mass is 10.2. The van der Waals surface area contributed by atoms with Crippen molar-refractivity contribution in [2.75, 3.05) is 46.3 Å². The summed E-state index contributed by atoms with van der Waals surface area (Å²) in [7, 11) is 2.20. The molecule has 0 saturated carbocycles. The maximum absolute atomic E-state index is 3.54. The van der Waals surface area contributed by atoms with E-state index in [0.717, 1.165) is 22.0 Å². The third kappa shape index (κ3) is 5.45. The number of nitrogens with zero attached hydrogens (tertiary/aromatic N) is 2. The molecule has 0 amide bonds. The van der Waals surface area contributed by atoms with Crippen LogP contribution < -0.4 is 5.32 Å². The van der Waals surface area contributed by atoms with E-state index in [-0.39, 0.29) is 0 Å². The van der Waals surface area contributed by atoms with E-state index in [1.165, 1.54) is 44.7 Å². The Kier molecular flexibility index (Phi) is 6.97. The number of hydrogen-bond donors (Lipinski definition) is 1. The molecule has 1 fully saturated rings. The van der Waals surface area contributed by atoms with Gasteiger partial charge < -0.3 is 15.1 Å². The van der Waals surface area contributed by atoms with Crippen molar-refractivity contribution in [2.24, 2.45) is 0 Å². The fourth-order valence-corrected chi connectivity index (χ4v) is 3.05. The maximum Gasteiger partial charge on any atom is 0.0320 e. The van der Waals surface area contributed by atoms with E-state index in [1.807, 2.05) is 0 Å². The molecule has 1 N–H and O–H groups in total. The second-order valence-corrected chi connectivity index (χ2v) is 7.13. The van der Waals surface area contributed by atoms with Gasteiger partial charge in [-0.3, -0.25) is 0 Å². The lowest BCUT2D eigenvalue weighted by Crippen LogP contribution is -2.45. The van der Waals surface area contributed by atoms with Gasteiger partial charge in [0, 0.05) is 41.7 Å². The normalized spacial score (nSPS) is 17.6. The van der Waals surface area contributed by atoms with Crippen LogP contribution in [-0.4, -0.2) is 56.1 Å². The maximum atomic E-state index is 3.54. The van der Waals surface area contributed by atoms with Crippen LogP contribution in [0, 0.1) is 0 Å². The minimum atomic E-state index is 0.939. The van der Waals surface area contributed by atoms with Gasteiger partial charge in [0.05, 0.1) is 0 Å². The van der Waals surface area contributed by atoms with Crippen molar-refractivity contribution >= 4 is 31.9 Å². The van der Waals surface area contributed by atoms with Crippen molar-refractivity contribution in [2.45, 2.75) is 13.0 Å². The lowest BCUT2D eigenvalue weighted by Gasteiger charge is -2.32. The predicted octanol–water partition coefficient (Wildman–Crippen LogP) is 2.94. The van der Waals surface area contributed by atoms with E-state index in [9.17, 15) is 0 Å². The first-order chi connectivity index (χ1) is 9.65. The summed E-state index contributed by atoms with van der Waals surface area (Å²) in [6, 6.07) is 6.41. The number of halogens is 2. The minimum absolute atomic E-state index is 0.939. The zero-order valence-electron chi connectivity index (χ0n) is 12.0. The second kappa shape index (κ2) is 8.49. The van der Waals surface area contributed by atoms with Gasteiger partial charge in [-0.25, -0.2) is 0 Å². The van der Waals surface area contributed by atoms with Gasteiger partial charge >= 0.3 is 0 Å². The Hall–Kier alpha value is 0.0600. The molecule has 112 valence electrons. The average Bonchev–Trinajstić information content (AvgIpc) is 2.44. The summed E-state index contributed by atoms with van der Waals surface area (Å²) in [6.45, 7) is 8.09. The molecule has 0 aromatic heterocycles. The lowest BCUT2D eigenvalue weighted by molar-refractivity contribution is 0.153. The van der Waals surface area contributed by atoms with Crippen molar-refractivity contribution in [3.8, 4) is 0 Å². The van der Waals surface area contributed by atoms with E-state index in [2.05, 4.69) is 72.2 Å². The second-order valence-electron chi connectivity index (χ2n) is 5.42. The Morgan fingerprint density at radius 1 is 1.10 bits per heavy atom. The Bertz CT molecular complexity index is 418. The highest BCUT2D eigenvalue weighted by atomic mass is 79.9. The van der Waals surface area contributed by atoms with E-state index >= 15 is 0 Å². The molecule has 3 nitrogen and oxygen atoms in total. The van der Waals surface area contributed by atoms with Crippen molar-refractivity contribution in [3.05, 3.63) is 32.7 Å². The number of benzene rings is 1. The summed E-state index contributed by atoms with van der Waals surface area (Å²) in [6.07, 6.45) is 1.22. The Morgan fingerprint density at radius 2 is 1.85 bits per heavy atom. The summed E-state index contributed by atoms with van der Waals surface area (Å²) in [5.41, 5.74) is 1.32. The van der Waals surface area contributed by atoms with E-state index in [4.69, 9.17) is 0 Å². The van der Waals surface area contributed by atoms with Crippen LogP contribution in [0.5, 0.6) is 0 Å². The molecule has 0 atom stereocenters. The van der Waals surface area contributed by atoms with Gasteiger partial charge in [-0.2, -0.15) is 0 Å². The molecule has 0 spiro atoms. The summed E-state index contributed by atoms with van der Waals surface area (Å²) in [5.74, 6) is 0. The summed E-state index contributed by atoms with van der Waals surface area (Å²) < 4.78 is 2.23. The third-order valence-electron chi connectivity index (χ3n) is 3.74. The van der Waals surface area contributed by atoms with Gasteiger partial charge in [0.15, 0.2) is 0 Å². The van der Waals surface area contributed by atoms with Crippen LogP contribution in [0.25, 0.3) is 0 Å². The summed E-state index contributed by atoms with van der Waals surface area (Å²) in [4.78, 5) is 4.97. The fourth-order valence-electron chi connectivity index (χ4n) is 2.38. The molecule has 1 aliphatic heterocycles. The van der Waals surface area contributed by atoms with Gasteiger partial charge in [0.25, 0.3) is 0 Å². The zero-order valence-corrected chi connectivity index (χ0v) is 15.2. The van der Waals surface area contributed by atoms with Crippen LogP contribution in [-0.2, 0) is 6.54 Å². The molecule has 1 heterocycles. The number of piperazine rings is 1. The largest absolute Gasteiger partial charge is 0.313 e. The summed E-state index contributed by atoms with van der Waals surface area (Å²) in [5, 5.41) is 3.52. The van der Waals surface area contributed by atoms with E-state index < -0.39 is 0 Å². The molecule has 1 aromatic carbocycles. The molecule has 5 heteroatoms. The van der Waals surface area contributed by atoms with Crippen molar-refractivity contribution < 1.29 is 0 Å². The van der Waals surface area contributed by atoms with Crippen molar-refractivity contribution in [1.29, 1.82) is 0 Å². The molecule has 20 heavy (non-hydrogen) atoms. The average molecular weight is 405 g/mol. The topological polar surface area (TPSA) is 18.5 Å². The molecular formula is C15H23Br2N3. The Balaban J connectivity index is 1.58. The number of nitrogens with one attached hydrogen (secondary N) is 1. The monoisotopic (exact) mass is 403 g/mol. The molecule has 2 rings (SSSR count). The molecule has 0 bridgehead atoms. The zero-order chi connectivity index (χ0) is 14.4. The highest BCUT2D eigenvalue weighted by Gasteiger charge is 2.12. The Labute approximate surface area is 139 Å². The van der Waals surface area contributed by atoms with Crippen LogP contribution in [0.3, 0.4) is 0 Å². The van der Waals surface area contributed by atoms with Crippen LogP contribution in [0.1, 0.15) is 12.0 Å². The minimum Gasteiger partial charge on any atom is -0.313 e.